The molecule has 8 nitrogen and oxygen atoms in total. The highest BCUT2D eigenvalue weighted by atomic mass is 16.6. The van der Waals surface area contributed by atoms with Crippen LogP contribution in [0.25, 0.3) is 0 Å². The second-order valence-electron chi connectivity index (χ2n) is 5.32. The van der Waals surface area contributed by atoms with Crippen LogP contribution in [0.1, 0.15) is 19.8 Å². The minimum Gasteiger partial charge on any atom is -0.369 e. The number of nitro benzene ring substituents is 1. The van der Waals surface area contributed by atoms with Crippen molar-refractivity contribution in [2.45, 2.75) is 25.8 Å². The summed E-state index contributed by atoms with van der Waals surface area (Å²) in [6.07, 6.45) is 1.55. The third-order valence-corrected chi connectivity index (χ3v) is 3.90. The maximum Gasteiger partial charge on any atom is 0.273 e. The van der Waals surface area contributed by atoms with E-state index in [0.717, 1.165) is 12.8 Å². The molecule has 2 unspecified atom stereocenters. The van der Waals surface area contributed by atoms with Gasteiger partial charge in [0.15, 0.2) is 0 Å². The van der Waals surface area contributed by atoms with Crippen molar-refractivity contribution < 1.29 is 9.72 Å². The summed E-state index contributed by atoms with van der Waals surface area (Å²) in [4.78, 5) is 23.9. The zero-order chi connectivity index (χ0) is 15.6. The van der Waals surface area contributed by atoms with Crippen LogP contribution in [0.2, 0.25) is 0 Å². The Morgan fingerprint density at radius 3 is 2.71 bits per heavy atom. The zero-order valence-electron chi connectivity index (χ0n) is 11.8. The normalized spacial score (nSPS) is 21.9. The van der Waals surface area contributed by atoms with Crippen molar-refractivity contribution >= 4 is 23.0 Å². The van der Waals surface area contributed by atoms with E-state index in [9.17, 15) is 14.9 Å². The Morgan fingerprint density at radius 2 is 2.14 bits per heavy atom. The van der Waals surface area contributed by atoms with E-state index in [1.165, 1.54) is 12.1 Å². The van der Waals surface area contributed by atoms with Crippen molar-refractivity contribution in [3.8, 4) is 0 Å². The summed E-state index contributed by atoms with van der Waals surface area (Å²) in [7, 11) is 0. The highest BCUT2D eigenvalue weighted by Crippen LogP contribution is 2.32. The Hall–Kier alpha value is -2.35. The number of nitro groups is 1. The van der Waals surface area contributed by atoms with Crippen molar-refractivity contribution in [2.24, 2.45) is 17.5 Å². The molecule has 1 aromatic carbocycles. The number of hydrogen-bond donors (Lipinski definition) is 3. The first-order chi connectivity index (χ1) is 9.92. The minimum absolute atomic E-state index is 0.0474. The highest BCUT2D eigenvalue weighted by molar-refractivity contribution is 5.78. The molecular weight excluding hydrogens is 274 g/mol. The molecular formula is C13H19N5O3. The van der Waals surface area contributed by atoms with E-state index >= 15 is 0 Å². The third-order valence-electron chi connectivity index (χ3n) is 3.90. The number of amides is 1. The van der Waals surface area contributed by atoms with Crippen LogP contribution < -0.4 is 21.9 Å². The Kier molecular flexibility index (Phi) is 4.27. The second kappa shape index (κ2) is 5.96. The summed E-state index contributed by atoms with van der Waals surface area (Å²) in [5.41, 5.74) is 8.88. The fourth-order valence-electron chi connectivity index (χ4n) is 2.65. The molecule has 114 valence electrons. The lowest BCUT2D eigenvalue weighted by atomic mass is 9.92. The summed E-state index contributed by atoms with van der Waals surface area (Å²) in [5.74, 6) is 4.78. The molecule has 1 fully saturated rings. The van der Waals surface area contributed by atoms with Gasteiger partial charge in [-0.25, -0.2) is 0 Å². The monoisotopic (exact) mass is 293 g/mol. The van der Waals surface area contributed by atoms with E-state index in [1.807, 2.05) is 11.8 Å². The Bertz CT molecular complexity index is 563. The van der Waals surface area contributed by atoms with Crippen molar-refractivity contribution in [2.75, 3.05) is 16.9 Å². The lowest BCUT2D eigenvalue weighted by molar-refractivity contribution is -0.384. The second-order valence-corrected chi connectivity index (χ2v) is 5.32. The van der Waals surface area contributed by atoms with Gasteiger partial charge in [0.1, 0.15) is 0 Å². The first-order valence-corrected chi connectivity index (χ1v) is 6.74. The molecule has 0 radical (unpaired) electrons. The number of hydrogen-bond acceptors (Lipinski definition) is 6. The molecule has 1 aliphatic heterocycles. The molecule has 1 amide bonds. The van der Waals surface area contributed by atoms with Crippen LogP contribution in [0.4, 0.5) is 17.1 Å². The van der Waals surface area contributed by atoms with Gasteiger partial charge in [-0.2, -0.15) is 0 Å². The Balaban J connectivity index is 2.36. The van der Waals surface area contributed by atoms with Gasteiger partial charge in [-0.1, -0.05) is 0 Å². The van der Waals surface area contributed by atoms with Crippen molar-refractivity contribution in [1.29, 1.82) is 0 Å². The van der Waals surface area contributed by atoms with Crippen molar-refractivity contribution in [3.63, 3.8) is 0 Å². The van der Waals surface area contributed by atoms with Gasteiger partial charge in [-0.05, 0) is 25.8 Å². The minimum atomic E-state index is -0.468. The largest absolute Gasteiger partial charge is 0.369 e. The zero-order valence-corrected chi connectivity index (χ0v) is 11.8. The summed E-state index contributed by atoms with van der Waals surface area (Å²) < 4.78 is 0. The first-order valence-electron chi connectivity index (χ1n) is 6.74. The van der Waals surface area contributed by atoms with E-state index in [-0.39, 0.29) is 23.6 Å². The lowest BCUT2D eigenvalue weighted by Crippen LogP contribution is -2.45. The predicted octanol–water partition coefficient (Wildman–Crippen LogP) is 0.971. The van der Waals surface area contributed by atoms with Crippen molar-refractivity contribution in [3.05, 3.63) is 28.3 Å². The quantitative estimate of drug-likeness (QED) is 0.431. The topological polar surface area (TPSA) is 128 Å². The predicted molar refractivity (Wildman–Crippen MR) is 79.6 cm³/mol. The van der Waals surface area contributed by atoms with Gasteiger partial charge in [0.2, 0.25) is 5.91 Å². The maximum absolute atomic E-state index is 11.4. The number of non-ortho nitro benzene ring substituents is 1. The molecule has 21 heavy (non-hydrogen) atoms. The maximum atomic E-state index is 11.4. The number of nitrogen functional groups attached to an aromatic ring is 1. The van der Waals surface area contributed by atoms with Gasteiger partial charge in [0.25, 0.3) is 5.69 Å². The summed E-state index contributed by atoms with van der Waals surface area (Å²) in [6.45, 7) is 2.48. The molecule has 2 atom stereocenters. The standard InChI is InChI=1S/C13H19N5O3/c1-8-2-3-9(13(14)19)7-17(8)11-4-10(16-15)5-12(6-11)18(20)21/h4-6,8-9,16H,2-3,7,15H2,1H3,(H2,14,19). The summed E-state index contributed by atoms with van der Waals surface area (Å²) >= 11 is 0. The molecule has 1 aliphatic rings. The number of hydrazine groups is 1. The van der Waals surface area contributed by atoms with Crippen LogP contribution in [0.15, 0.2) is 18.2 Å². The van der Waals surface area contributed by atoms with Gasteiger partial charge >= 0.3 is 0 Å². The number of carbonyl (C=O) groups is 1. The molecule has 1 saturated heterocycles. The smallest absolute Gasteiger partial charge is 0.273 e. The van der Waals surface area contributed by atoms with E-state index in [2.05, 4.69) is 5.43 Å². The number of nitrogens with one attached hydrogen (secondary N) is 1. The van der Waals surface area contributed by atoms with Crippen molar-refractivity contribution in [1.82, 2.24) is 0 Å². The molecule has 2 rings (SSSR count). The highest BCUT2D eigenvalue weighted by Gasteiger charge is 2.29. The number of nitrogens with zero attached hydrogens (tertiary/aromatic N) is 2. The van der Waals surface area contributed by atoms with Crippen LogP contribution in [-0.2, 0) is 4.79 Å². The van der Waals surface area contributed by atoms with Gasteiger partial charge < -0.3 is 16.1 Å². The van der Waals surface area contributed by atoms with Crippen LogP contribution in [0.3, 0.4) is 0 Å². The number of nitrogens with two attached hydrogens (primary N) is 2. The first kappa shape index (κ1) is 15.0. The van der Waals surface area contributed by atoms with Crippen LogP contribution in [-0.4, -0.2) is 23.4 Å². The molecule has 0 bridgehead atoms. The van der Waals surface area contributed by atoms with Crippen LogP contribution in [0, 0.1) is 16.0 Å². The molecule has 0 aromatic heterocycles. The summed E-state index contributed by atoms with van der Waals surface area (Å²) in [6, 6.07) is 4.75. The SMILES string of the molecule is CC1CCC(C(N)=O)CN1c1cc(NN)cc([N+](=O)[O-])c1. The lowest BCUT2D eigenvalue weighted by Gasteiger charge is -2.38. The number of primary amides is 1. The Morgan fingerprint density at radius 1 is 1.43 bits per heavy atom. The van der Waals surface area contributed by atoms with Gasteiger partial charge in [-0.3, -0.25) is 20.8 Å². The average Bonchev–Trinajstić information content (AvgIpc) is 2.46. The van der Waals surface area contributed by atoms with Gasteiger partial charge in [0.05, 0.1) is 16.5 Å². The number of carbonyl (C=O) groups excluding carboxylic acids is 1. The Labute approximate surface area is 122 Å². The fourth-order valence-corrected chi connectivity index (χ4v) is 2.65. The van der Waals surface area contributed by atoms with E-state index in [1.54, 1.807) is 6.07 Å². The number of piperidine rings is 1. The summed E-state index contributed by atoms with van der Waals surface area (Å²) in [5, 5.41) is 11.0. The molecule has 1 heterocycles. The molecule has 0 spiro atoms. The van der Waals surface area contributed by atoms with Crippen LogP contribution in [0.5, 0.6) is 0 Å². The van der Waals surface area contributed by atoms with E-state index in [0.29, 0.717) is 17.9 Å². The van der Waals surface area contributed by atoms with Gasteiger partial charge in [0, 0.05) is 30.4 Å². The number of rotatable bonds is 4. The molecule has 0 aliphatic carbocycles. The molecule has 0 saturated carbocycles. The van der Waals surface area contributed by atoms with Gasteiger partial charge in [-0.15, -0.1) is 0 Å². The number of benzene rings is 1. The van der Waals surface area contributed by atoms with E-state index < -0.39 is 4.92 Å². The third kappa shape index (κ3) is 3.22. The average molecular weight is 293 g/mol. The molecule has 5 N–H and O–H groups in total. The fraction of sp³-hybridized carbons (Fsp3) is 0.462. The molecule has 8 heteroatoms. The van der Waals surface area contributed by atoms with E-state index in [4.69, 9.17) is 11.6 Å². The number of anilines is 2. The molecule has 1 aromatic rings. The van der Waals surface area contributed by atoms with Crippen LogP contribution >= 0.6 is 0 Å².